The van der Waals surface area contributed by atoms with E-state index in [0.717, 1.165) is 19.3 Å². The van der Waals surface area contributed by atoms with Gasteiger partial charge in [0.05, 0.1) is 12.1 Å². The summed E-state index contributed by atoms with van der Waals surface area (Å²) in [5, 5.41) is 3.83. The molecule has 0 radical (unpaired) electrons. The molecule has 0 aliphatic heterocycles. The largest absolute Gasteiger partial charge is 0.414 e. The van der Waals surface area contributed by atoms with Gasteiger partial charge in [-0.05, 0) is 38.0 Å². The molecule has 14 heavy (non-hydrogen) atoms. The van der Waals surface area contributed by atoms with Crippen LogP contribution in [0.25, 0.3) is 10.4 Å². The summed E-state index contributed by atoms with van der Waals surface area (Å²) >= 11 is 0. The normalized spacial score (nSPS) is 28.2. The topological polar surface area (TPSA) is 58.0 Å². The Morgan fingerprint density at radius 3 is 2.50 bits per heavy atom. The van der Waals surface area contributed by atoms with Crippen molar-refractivity contribution in [2.24, 2.45) is 5.11 Å². The standard InChI is InChI=1S/C9H19N3OSi/c1-14(2,3)13-9-7-5-4-6-8(9)11-12-10/h8-9H,4-7H2,1-3H3/t8-,9+/m0/s1. The molecule has 0 N–H and O–H groups in total. The van der Waals surface area contributed by atoms with Crippen LogP contribution in [0, 0.1) is 0 Å². The number of hydrogen-bond donors (Lipinski definition) is 0. The van der Waals surface area contributed by atoms with Crippen molar-refractivity contribution < 1.29 is 4.43 Å². The Labute approximate surface area is 86.4 Å². The van der Waals surface area contributed by atoms with Crippen LogP contribution in [-0.4, -0.2) is 20.5 Å². The highest BCUT2D eigenvalue weighted by molar-refractivity contribution is 6.69. The van der Waals surface area contributed by atoms with Crippen LogP contribution < -0.4 is 0 Å². The van der Waals surface area contributed by atoms with Crippen LogP contribution in [0.1, 0.15) is 25.7 Å². The fourth-order valence-electron chi connectivity index (χ4n) is 1.87. The predicted octanol–water partition coefficient (Wildman–Crippen LogP) is 3.46. The van der Waals surface area contributed by atoms with Crippen molar-refractivity contribution in [3.05, 3.63) is 10.4 Å². The average molecular weight is 213 g/mol. The molecule has 80 valence electrons. The van der Waals surface area contributed by atoms with Gasteiger partial charge in [0, 0.05) is 4.91 Å². The number of hydrogen-bond acceptors (Lipinski definition) is 2. The molecule has 0 heterocycles. The van der Waals surface area contributed by atoms with E-state index in [-0.39, 0.29) is 12.1 Å². The second kappa shape index (κ2) is 4.82. The predicted molar refractivity (Wildman–Crippen MR) is 59.6 cm³/mol. The van der Waals surface area contributed by atoms with Crippen LogP contribution in [-0.2, 0) is 4.43 Å². The van der Waals surface area contributed by atoms with E-state index in [9.17, 15) is 0 Å². The number of nitrogens with zero attached hydrogens (tertiary/aromatic N) is 3. The Hall–Kier alpha value is -0.513. The fraction of sp³-hybridized carbons (Fsp3) is 1.00. The molecule has 1 fully saturated rings. The molecule has 1 aliphatic carbocycles. The molecule has 0 bridgehead atoms. The Balaban J connectivity index is 2.58. The maximum atomic E-state index is 8.45. The molecule has 0 unspecified atom stereocenters. The summed E-state index contributed by atoms with van der Waals surface area (Å²) in [6.07, 6.45) is 4.57. The first-order chi connectivity index (χ1) is 6.53. The summed E-state index contributed by atoms with van der Waals surface area (Å²) < 4.78 is 6.02. The van der Waals surface area contributed by atoms with Crippen LogP contribution >= 0.6 is 0 Å². The number of rotatable bonds is 3. The molecular weight excluding hydrogens is 194 g/mol. The second-order valence-electron chi connectivity index (χ2n) is 4.83. The molecule has 0 aromatic carbocycles. The summed E-state index contributed by atoms with van der Waals surface area (Å²) in [4.78, 5) is 2.90. The first-order valence-corrected chi connectivity index (χ1v) is 8.66. The van der Waals surface area contributed by atoms with Crippen LogP contribution in [0.4, 0.5) is 0 Å². The Morgan fingerprint density at radius 1 is 1.29 bits per heavy atom. The van der Waals surface area contributed by atoms with Crippen molar-refractivity contribution >= 4 is 8.32 Å². The van der Waals surface area contributed by atoms with Gasteiger partial charge in [-0.25, -0.2) is 0 Å². The molecular formula is C9H19N3OSi. The fourth-order valence-corrected chi connectivity index (χ4v) is 3.05. The molecule has 0 spiro atoms. The molecule has 0 aromatic rings. The van der Waals surface area contributed by atoms with E-state index in [4.69, 9.17) is 9.96 Å². The van der Waals surface area contributed by atoms with E-state index in [1.54, 1.807) is 0 Å². The highest BCUT2D eigenvalue weighted by Gasteiger charge is 2.29. The SMILES string of the molecule is C[Si](C)(C)O[C@@H]1CCCC[C@@H]1N=[N+]=[N-]. The van der Waals surface area contributed by atoms with Crippen LogP contribution in [0.15, 0.2) is 5.11 Å². The monoisotopic (exact) mass is 213 g/mol. The first kappa shape index (κ1) is 11.6. The van der Waals surface area contributed by atoms with E-state index >= 15 is 0 Å². The van der Waals surface area contributed by atoms with Gasteiger partial charge < -0.3 is 4.43 Å². The highest BCUT2D eigenvalue weighted by atomic mass is 28.4. The van der Waals surface area contributed by atoms with Crippen molar-refractivity contribution in [2.45, 2.75) is 57.5 Å². The molecule has 0 amide bonds. The maximum absolute atomic E-state index is 8.45. The summed E-state index contributed by atoms with van der Waals surface area (Å²) in [5.41, 5.74) is 8.45. The molecule has 5 heteroatoms. The van der Waals surface area contributed by atoms with E-state index in [1.807, 2.05) is 0 Å². The van der Waals surface area contributed by atoms with Crippen LogP contribution in [0.5, 0.6) is 0 Å². The Bertz CT molecular complexity index is 233. The van der Waals surface area contributed by atoms with Gasteiger partial charge in [0.15, 0.2) is 8.32 Å². The van der Waals surface area contributed by atoms with Crippen molar-refractivity contribution in [1.82, 2.24) is 0 Å². The lowest BCUT2D eigenvalue weighted by atomic mass is 9.93. The molecule has 4 nitrogen and oxygen atoms in total. The van der Waals surface area contributed by atoms with Gasteiger partial charge in [0.25, 0.3) is 0 Å². The number of azide groups is 1. The minimum atomic E-state index is -1.50. The van der Waals surface area contributed by atoms with Gasteiger partial charge in [-0.15, -0.1) is 0 Å². The highest BCUT2D eigenvalue weighted by Crippen LogP contribution is 2.26. The third kappa shape index (κ3) is 3.70. The van der Waals surface area contributed by atoms with Gasteiger partial charge >= 0.3 is 0 Å². The molecule has 0 saturated heterocycles. The molecule has 0 aromatic heterocycles. The quantitative estimate of drug-likeness (QED) is 0.306. The summed E-state index contributed by atoms with van der Waals surface area (Å²) in [5.74, 6) is 0. The van der Waals surface area contributed by atoms with Gasteiger partial charge in [-0.3, -0.25) is 0 Å². The van der Waals surface area contributed by atoms with E-state index in [2.05, 4.69) is 29.7 Å². The second-order valence-corrected chi connectivity index (χ2v) is 9.29. The van der Waals surface area contributed by atoms with Crippen molar-refractivity contribution in [3.63, 3.8) is 0 Å². The van der Waals surface area contributed by atoms with Crippen LogP contribution in [0.2, 0.25) is 19.6 Å². The van der Waals surface area contributed by atoms with E-state index in [1.165, 1.54) is 6.42 Å². The summed E-state index contributed by atoms with van der Waals surface area (Å²) in [7, 11) is -1.50. The Morgan fingerprint density at radius 2 is 1.93 bits per heavy atom. The third-order valence-electron chi connectivity index (χ3n) is 2.37. The van der Waals surface area contributed by atoms with E-state index in [0.29, 0.717) is 0 Å². The lowest BCUT2D eigenvalue weighted by molar-refractivity contribution is 0.125. The first-order valence-electron chi connectivity index (χ1n) is 5.25. The molecule has 2 atom stereocenters. The van der Waals surface area contributed by atoms with Crippen molar-refractivity contribution in [1.29, 1.82) is 0 Å². The zero-order valence-electron chi connectivity index (χ0n) is 9.23. The molecule has 1 rings (SSSR count). The van der Waals surface area contributed by atoms with Crippen LogP contribution in [0.3, 0.4) is 0 Å². The summed E-state index contributed by atoms with van der Waals surface area (Å²) in [6, 6.07) is 0.0699. The zero-order chi connectivity index (χ0) is 10.6. The minimum absolute atomic E-state index is 0.0699. The minimum Gasteiger partial charge on any atom is -0.414 e. The molecule has 1 aliphatic rings. The van der Waals surface area contributed by atoms with Crippen molar-refractivity contribution in [3.8, 4) is 0 Å². The zero-order valence-corrected chi connectivity index (χ0v) is 10.2. The molecule has 1 saturated carbocycles. The Kier molecular flexibility index (Phi) is 3.98. The maximum Gasteiger partial charge on any atom is 0.184 e. The average Bonchev–Trinajstić information content (AvgIpc) is 2.06. The lowest BCUT2D eigenvalue weighted by Gasteiger charge is -2.33. The lowest BCUT2D eigenvalue weighted by Crippen LogP contribution is -2.39. The van der Waals surface area contributed by atoms with Gasteiger partial charge in [0.2, 0.25) is 0 Å². The van der Waals surface area contributed by atoms with Gasteiger partial charge in [0.1, 0.15) is 0 Å². The summed E-state index contributed by atoms with van der Waals surface area (Å²) in [6.45, 7) is 6.53. The third-order valence-corrected chi connectivity index (χ3v) is 3.38. The smallest absolute Gasteiger partial charge is 0.184 e. The van der Waals surface area contributed by atoms with E-state index < -0.39 is 8.32 Å². The van der Waals surface area contributed by atoms with Crippen molar-refractivity contribution in [2.75, 3.05) is 0 Å². The van der Waals surface area contributed by atoms with Gasteiger partial charge in [-0.1, -0.05) is 18.0 Å². The van der Waals surface area contributed by atoms with Gasteiger partial charge in [-0.2, -0.15) is 0 Å².